The molecule has 1 aliphatic carbocycles. The molecule has 2 rings (SSSR count). The Morgan fingerprint density at radius 2 is 1.74 bits per heavy atom. The number of carbonyl (C=O) groups is 2. The van der Waals surface area contributed by atoms with Crippen LogP contribution < -0.4 is 0 Å². The number of alkyl halides is 3. The first-order chi connectivity index (χ1) is 14.2. The number of hydrogen-bond acceptors (Lipinski definition) is 6. The quantitative estimate of drug-likeness (QED) is 0.336. The SMILES string of the molecule is O=C(OC1CCCC(C(=O)OC(CS(=O)(=O)O)C(F)(F)F)C1)c1c(Br)cc(Br)cc1Br. The van der Waals surface area contributed by atoms with Gasteiger partial charge in [-0.25, -0.2) is 4.79 Å². The number of hydrogen-bond donors (Lipinski definition) is 1. The lowest BCUT2D eigenvalue weighted by Crippen LogP contribution is -2.42. The molecule has 3 atom stereocenters. The predicted octanol–water partition coefficient (Wildman–Crippen LogP) is 5.05. The second-order valence-electron chi connectivity index (χ2n) is 6.85. The summed E-state index contributed by atoms with van der Waals surface area (Å²) in [6.45, 7) is 0. The Morgan fingerprint density at radius 1 is 1.16 bits per heavy atom. The Hall–Kier alpha value is -0.700. The summed E-state index contributed by atoms with van der Waals surface area (Å²) in [4.78, 5) is 24.8. The molecule has 1 N–H and O–H groups in total. The molecule has 1 saturated carbocycles. The van der Waals surface area contributed by atoms with Gasteiger partial charge >= 0.3 is 18.1 Å². The van der Waals surface area contributed by atoms with Crippen LogP contribution in [0.2, 0.25) is 0 Å². The summed E-state index contributed by atoms with van der Waals surface area (Å²) in [5.41, 5.74) is 0.207. The topological polar surface area (TPSA) is 107 Å². The van der Waals surface area contributed by atoms with Gasteiger partial charge in [-0.15, -0.1) is 0 Å². The van der Waals surface area contributed by atoms with E-state index in [2.05, 4.69) is 52.5 Å². The van der Waals surface area contributed by atoms with Crippen LogP contribution >= 0.6 is 47.8 Å². The lowest BCUT2D eigenvalue weighted by molar-refractivity contribution is -0.218. The molecule has 0 saturated heterocycles. The minimum Gasteiger partial charge on any atom is -0.459 e. The minimum atomic E-state index is -5.17. The van der Waals surface area contributed by atoms with Crippen molar-refractivity contribution in [2.24, 2.45) is 5.92 Å². The van der Waals surface area contributed by atoms with Crippen LogP contribution in [-0.4, -0.2) is 49.0 Å². The molecule has 1 aromatic rings. The smallest absolute Gasteiger partial charge is 0.426 e. The Balaban J connectivity index is 2.06. The van der Waals surface area contributed by atoms with Crippen LogP contribution in [0.5, 0.6) is 0 Å². The number of esters is 2. The number of ether oxygens (including phenoxy) is 2. The third-order valence-electron chi connectivity index (χ3n) is 4.43. The molecule has 0 amide bonds. The highest BCUT2D eigenvalue weighted by Crippen LogP contribution is 2.34. The Kier molecular flexibility index (Phi) is 8.98. The van der Waals surface area contributed by atoms with Gasteiger partial charge in [0.05, 0.1) is 11.5 Å². The van der Waals surface area contributed by atoms with Gasteiger partial charge in [-0.3, -0.25) is 9.35 Å². The van der Waals surface area contributed by atoms with Gasteiger partial charge in [0, 0.05) is 13.4 Å². The van der Waals surface area contributed by atoms with Crippen molar-refractivity contribution in [2.45, 2.75) is 44.1 Å². The van der Waals surface area contributed by atoms with E-state index in [1.165, 1.54) is 0 Å². The predicted molar refractivity (Wildman–Crippen MR) is 113 cm³/mol. The van der Waals surface area contributed by atoms with Gasteiger partial charge in [-0.1, -0.05) is 15.9 Å². The van der Waals surface area contributed by atoms with Crippen molar-refractivity contribution >= 4 is 69.8 Å². The standard InChI is InChI=1S/C17H16Br3F3O7S/c18-9-5-11(19)14(12(20)6-9)16(25)29-10-3-1-2-8(4-10)15(24)30-13(17(21,22)23)7-31(26,27)28/h5-6,8,10,13H,1-4,7H2,(H,26,27,28). The van der Waals surface area contributed by atoms with E-state index in [0.29, 0.717) is 26.3 Å². The maximum atomic E-state index is 13.0. The summed E-state index contributed by atoms with van der Waals surface area (Å²) in [6.07, 6.45) is -8.02. The summed E-state index contributed by atoms with van der Waals surface area (Å²) in [7, 11) is -5.03. The number of benzene rings is 1. The second kappa shape index (κ2) is 10.5. The summed E-state index contributed by atoms with van der Waals surface area (Å²) in [5.74, 6) is -4.77. The maximum absolute atomic E-state index is 13.0. The van der Waals surface area contributed by atoms with Gasteiger partial charge in [0.15, 0.2) is 0 Å². The molecule has 0 radical (unpaired) electrons. The molecule has 0 bridgehead atoms. The van der Waals surface area contributed by atoms with Gasteiger partial charge in [-0.05, 0) is 69.7 Å². The van der Waals surface area contributed by atoms with E-state index in [0.717, 1.165) is 0 Å². The van der Waals surface area contributed by atoms with Crippen LogP contribution in [0.25, 0.3) is 0 Å². The fraction of sp³-hybridized carbons (Fsp3) is 0.529. The molecule has 1 fully saturated rings. The molecule has 7 nitrogen and oxygen atoms in total. The fourth-order valence-electron chi connectivity index (χ4n) is 3.04. The number of rotatable bonds is 6. The van der Waals surface area contributed by atoms with E-state index in [9.17, 15) is 31.2 Å². The Morgan fingerprint density at radius 3 is 2.26 bits per heavy atom. The molecule has 0 heterocycles. The molecule has 3 unspecified atom stereocenters. The zero-order valence-electron chi connectivity index (χ0n) is 15.5. The number of carbonyl (C=O) groups excluding carboxylic acids is 2. The highest BCUT2D eigenvalue weighted by atomic mass is 79.9. The van der Waals surface area contributed by atoms with E-state index in [-0.39, 0.29) is 18.4 Å². The van der Waals surface area contributed by atoms with Gasteiger partial charge in [0.25, 0.3) is 10.1 Å². The van der Waals surface area contributed by atoms with Gasteiger partial charge in [0.1, 0.15) is 11.9 Å². The van der Waals surface area contributed by atoms with Crippen LogP contribution in [0.15, 0.2) is 25.6 Å². The zero-order chi connectivity index (χ0) is 23.6. The van der Waals surface area contributed by atoms with Gasteiger partial charge < -0.3 is 9.47 Å². The van der Waals surface area contributed by atoms with E-state index in [1.54, 1.807) is 12.1 Å². The molecule has 0 spiro atoms. The van der Waals surface area contributed by atoms with Gasteiger partial charge in [0.2, 0.25) is 6.10 Å². The first-order valence-electron chi connectivity index (χ1n) is 8.75. The van der Waals surface area contributed by atoms with E-state index in [1.807, 2.05) is 0 Å². The van der Waals surface area contributed by atoms with Crippen molar-refractivity contribution in [1.82, 2.24) is 0 Å². The number of halogens is 6. The average Bonchev–Trinajstić information content (AvgIpc) is 2.58. The molecular weight excluding hydrogens is 645 g/mol. The summed E-state index contributed by atoms with van der Waals surface area (Å²) >= 11 is 9.79. The van der Waals surface area contributed by atoms with Crippen molar-refractivity contribution in [3.8, 4) is 0 Å². The fourth-order valence-corrected chi connectivity index (χ4v) is 6.26. The molecule has 0 aliphatic heterocycles. The third-order valence-corrected chi connectivity index (χ3v) is 6.86. The average molecular weight is 661 g/mol. The maximum Gasteiger partial charge on any atom is 0.426 e. The van der Waals surface area contributed by atoms with E-state index < -0.39 is 52.1 Å². The van der Waals surface area contributed by atoms with Crippen LogP contribution in [0.1, 0.15) is 36.0 Å². The van der Waals surface area contributed by atoms with Gasteiger partial charge in [-0.2, -0.15) is 21.6 Å². The molecule has 1 aromatic carbocycles. The molecule has 1 aliphatic rings. The van der Waals surface area contributed by atoms with Crippen molar-refractivity contribution in [3.63, 3.8) is 0 Å². The van der Waals surface area contributed by atoms with Crippen molar-refractivity contribution < 1.29 is 45.2 Å². The van der Waals surface area contributed by atoms with Crippen LogP contribution in [0, 0.1) is 5.92 Å². The van der Waals surface area contributed by atoms with Crippen LogP contribution in [0.4, 0.5) is 13.2 Å². The lowest BCUT2D eigenvalue weighted by atomic mass is 9.87. The van der Waals surface area contributed by atoms with E-state index >= 15 is 0 Å². The van der Waals surface area contributed by atoms with Crippen LogP contribution in [0.3, 0.4) is 0 Å². The minimum absolute atomic E-state index is 0.0766. The molecule has 31 heavy (non-hydrogen) atoms. The normalized spacial score (nSPS) is 20.7. The monoisotopic (exact) mass is 658 g/mol. The summed E-state index contributed by atoms with van der Waals surface area (Å²) in [5, 5.41) is 0. The molecule has 174 valence electrons. The molecule has 0 aromatic heterocycles. The van der Waals surface area contributed by atoms with Crippen molar-refractivity contribution in [1.29, 1.82) is 0 Å². The van der Waals surface area contributed by atoms with Crippen molar-refractivity contribution in [2.75, 3.05) is 5.75 Å². The highest BCUT2D eigenvalue weighted by Gasteiger charge is 2.46. The van der Waals surface area contributed by atoms with E-state index in [4.69, 9.17) is 9.29 Å². The Labute approximate surface area is 201 Å². The second-order valence-corrected chi connectivity index (χ2v) is 11.0. The summed E-state index contributed by atoms with van der Waals surface area (Å²) in [6, 6.07) is 3.27. The van der Waals surface area contributed by atoms with Crippen molar-refractivity contribution in [3.05, 3.63) is 31.1 Å². The first-order valence-corrected chi connectivity index (χ1v) is 12.7. The first kappa shape index (κ1) is 26.6. The Bertz CT molecular complexity index is 930. The zero-order valence-corrected chi connectivity index (χ0v) is 21.1. The van der Waals surface area contributed by atoms with Crippen LogP contribution in [-0.2, 0) is 24.4 Å². The third kappa shape index (κ3) is 7.98. The molecular formula is C17H16Br3F3O7S. The highest BCUT2D eigenvalue weighted by molar-refractivity contribution is 9.11. The summed E-state index contributed by atoms with van der Waals surface area (Å²) < 4.78 is 80.7. The largest absolute Gasteiger partial charge is 0.459 e. The molecule has 14 heteroatoms. The lowest BCUT2D eigenvalue weighted by Gasteiger charge is -2.29.